The lowest BCUT2D eigenvalue weighted by atomic mass is 9.82. The van der Waals surface area contributed by atoms with Crippen LogP contribution in [0.2, 0.25) is 0 Å². The summed E-state index contributed by atoms with van der Waals surface area (Å²) in [5, 5.41) is 7.04. The lowest BCUT2D eigenvalue weighted by Crippen LogP contribution is -2.01. The Kier molecular flexibility index (Phi) is 8.79. The largest absolute Gasteiger partial charge is 0.264 e. The molecule has 2 aromatic heterocycles. The molecular formula is C56H36N4. The molecule has 0 bridgehead atoms. The first-order valence-electron chi connectivity index (χ1n) is 20.2. The van der Waals surface area contributed by atoms with E-state index in [1.807, 2.05) is 42.6 Å². The van der Waals surface area contributed by atoms with Gasteiger partial charge in [-0.2, -0.15) is 0 Å². The SMILES string of the molecule is c1ccc(-c2nc(-c3ccc(-c4cccnc4)cc3)nc(-c3ccc(-c4c5ccccc5c(-c5ccccc5-c5ccccc5)c5ccccc45)c4ccccc34)n2)cc1. The molecule has 0 spiro atoms. The van der Waals surface area contributed by atoms with Gasteiger partial charge in [0.05, 0.1) is 0 Å². The van der Waals surface area contributed by atoms with E-state index in [9.17, 15) is 0 Å². The van der Waals surface area contributed by atoms with Crippen molar-refractivity contribution in [1.29, 1.82) is 0 Å². The molecule has 0 saturated carbocycles. The standard InChI is InChI=1S/C56H36N4/c1-3-16-38(17-4-1)42-21-7-10-24-45(42)52-46-25-11-13-27-48(46)53(49-28-14-12-26-47(49)52)50-33-34-51(44-23-9-8-22-43(44)50)56-59-54(39-18-5-2-6-19-39)58-55(60-56)40-31-29-37(30-32-40)41-20-15-35-57-36-41/h1-36H. The second-order valence-electron chi connectivity index (χ2n) is 15.0. The summed E-state index contributed by atoms with van der Waals surface area (Å²) in [6.45, 7) is 0. The van der Waals surface area contributed by atoms with Gasteiger partial charge < -0.3 is 0 Å². The molecule has 4 nitrogen and oxygen atoms in total. The summed E-state index contributed by atoms with van der Waals surface area (Å²) in [5.74, 6) is 1.87. The molecule has 11 aromatic rings. The van der Waals surface area contributed by atoms with Gasteiger partial charge in [-0.3, -0.25) is 4.98 Å². The highest BCUT2D eigenvalue weighted by atomic mass is 15.0. The highest BCUT2D eigenvalue weighted by Crippen LogP contribution is 2.48. The van der Waals surface area contributed by atoms with Crippen LogP contribution in [0.1, 0.15) is 0 Å². The van der Waals surface area contributed by atoms with Gasteiger partial charge in [0.1, 0.15) is 0 Å². The number of rotatable bonds is 7. The van der Waals surface area contributed by atoms with Crippen LogP contribution in [0.4, 0.5) is 0 Å². The number of pyridine rings is 1. The summed E-state index contributed by atoms with van der Waals surface area (Å²) in [6, 6.07) is 72.9. The Balaban J connectivity index is 1.12. The maximum atomic E-state index is 5.20. The smallest absolute Gasteiger partial charge is 0.164 e. The Bertz CT molecular complexity index is 3290. The van der Waals surface area contributed by atoms with Gasteiger partial charge in [-0.25, -0.2) is 15.0 Å². The van der Waals surface area contributed by atoms with E-state index < -0.39 is 0 Å². The van der Waals surface area contributed by atoms with Crippen molar-refractivity contribution in [2.24, 2.45) is 0 Å². The summed E-state index contributed by atoms with van der Waals surface area (Å²) in [5.41, 5.74) is 12.2. The first kappa shape index (κ1) is 35.1. The fourth-order valence-electron chi connectivity index (χ4n) is 8.68. The van der Waals surface area contributed by atoms with Crippen LogP contribution in [0.3, 0.4) is 0 Å². The molecule has 0 saturated heterocycles. The molecule has 9 aromatic carbocycles. The van der Waals surface area contributed by atoms with Crippen LogP contribution in [-0.4, -0.2) is 19.9 Å². The van der Waals surface area contributed by atoms with Crippen molar-refractivity contribution in [2.45, 2.75) is 0 Å². The number of hydrogen-bond donors (Lipinski definition) is 0. The van der Waals surface area contributed by atoms with Crippen molar-refractivity contribution in [3.63, 3.8) is 0 Å². The molecule has 0 atom stereocenters. The fraction of sp³-hybridized carbons (Fsp3) is 0. The van der Waals surface area contributed by atoms with Crippen LogP contribution in [0.5, 0.6) is 0 Å². The van der Waals surface area contributed by atoms with Crippen LogP contribution in [0.15, 0.2) is 219 Å². The van der Waals surface area contributed by atoms with Crippen LogP contribution >= 0.6 is 0 Å². The summed E-state index contributed by atoms with van der Waals surface area (Å²) in [4.78, 5) is 19.7. The topological polar surface area (TPSA) is 51.6 Å². The Morgan fingerprint density at radius 2 is 0.650 bits per heavy atom. The van der Waals surface area contributed by atoms with E-state index in [1.165, 1.54) is 49.4 Å². The molecule has 4 heteroatoms. The first-order valence-corrected chi connectivity index (χ1v) is 20.2. The Morgan fingerprint density at radius 1 is 0.233 bits per heavy atom. The van der Waals surface area contributed by atoms with Crippen molar-refractivity contribution in [3.05, 3.63) is 219 Å². The summed E-state index contributed by atoms with van der Waals surface area (Å²) >= 11 is 0. The Labute approximate surface area is 348 Å². The zero-order chi connectivity index (χ0) is 39.8. The molecule has 0 unspecified atom stereocenters. The van der Waals surface area contributed by atoms with Crippen LogP contribution < -0.4 is 0 Å². The Hall–Kier alpha value is -8.08. The molecule has 280 valence electrons. The van der Waals surface area contributed by atoms with Crippen molar-refractivity contribution in [3.8, 4) is 78.7 Å². The van der Waals surface area contributed by atoms with Crippen LogP contribution in [0.25, 0.3) is 111 Å². The minimum absolute atomic E-state index is 0.619. The third-order valence-electron chi connectivity index (χ3n) is 11.5. The van der Waals surface area contributed by atoms with Gasteiger partial charge in [-0.1, -0.05) is 194 Å². The molecule has 2 heterocycles. The van der Waals surface area contributed by atoms with E-state index in [0.717, 1.165) is 44.2 Å². The van der Waals surface area contributed by atoms with Gasteiger partial charge in [0.15, 0.2) is 17.5 Å². The first-order chi connectivity index (χ1) is 29.8. The molecule has 11 rings (SSSR count). The average Bonchev–Trinajstić information content (AvgIpc) is 3.34. The van der Waals surface area contributed by atoms with E-state index in [1.54, 1.807) is 6.20 Å². The monoisotopic (exact) mass is 764 g/mol. The quantitative estimate of drug-likeness (QED) is 0.152. The summed E-state index contributed by atoms with van der Waals surface area (Å²) in [6.07, 6.45) is 3.67. The minimum Gasteiger partial charge on any atom is -0.264 e. The van der Waals surface area contributed by atoms with Gasteiger partial charge >= 0.3 is 0 Å². The van der Waals surface area contributed by atoms with Gasteiger partial charge in [-0.15, -0.1) is 0 Å². The predicted molar refractivity (Wildman–Crippen MR) is 248 cm³/mol. The fourth-order valence-corrected chi connectivity index (χ4v) is 8.68. The molecular weight excluding hydrogens is 729 g/mol. The molecule has 0 aliphatic carbocycles. The molecule has 60 heavy (non-hydrogen) atoms. The normalized spacial score (nSPS) is 11.3. The molecule has 0 fully saturated rings. The molecule has 0 N–H and O–H groups in total. The van der Waals surface area contributed by atoms with Crippen LogP contribution in [0, 0.1) is 0 Å². The van der Waals surface area contributed by atoms with E-state index in [2.05, 4.69) is 175 Å². The number of nitrogens with zero attached hydrogens (tertiary/aromatic N) is 4. The predicted octanol–water partition coefficient (Wildman–Crippen LogP) is 14.4. The molecule has 0 amide bonds. The van der Waals surface area contributed by atoms with Gasteiger partial charge in [0.2, 0.25) is 0 Å². The Morgan fingerprint density at radius 3 is 1.23 bits per heavy atom. The lowest BCUT2D eigenvalue weighted by molar-refractivity contribution is 1.08. The number of aromatic nitrogens is 4. The zero-order valence-corrected chi connectivity index (χ0v) is 32.6. The van der Waals surface area contributed by atoms with Gasteiger partial charge in [-0.05, 0) is 89.0 Å². The van der Waals surface area contributed by atoms with Crippen molar-refractivity contribution < 1.29 is 0 Å². The van der Waals surface area contributed by atoms with E-state index in [-0.39, 0.29) is 0 Å². The lowest BCUT2D eigenvalue weighted by Gasteiger charge is -2.21. The van der Waals surface area contributed by atoms with E-state index in [4.69, 9.17) is 15.0 Å². The highest BCUT2D eigenvalue weighted by molar-refractivity contribution is 6.24. The molecule has 0 radical (unpaired) electrons. The average molecular weight is 765 g/mol. The zero-order valence-electron chi connectivity index (χ0n) is 32.6. The maximum Gasteiger partial charge on any atom is 0.164 e. The number of benzene rings is 9. The van der Waals surface area contributed by atoms with E-state index in [0.29, 0.717) is 17.5 Å². The van der Waals surface area contributed by atoms with Gasteiger partial charge in [0, 0.05) is 29.1 Å². The number of fused-ring (bicyclic) bond motifs is 3. The second-order valence-corrected chi connectivity index (χ2v) is 15.0. The second kappa shape index (κ2) is 15.0. The highest BCUT2D eigenvalue weighted by Gasteiger charge is 2.22. The van der Waals surface area contributed by atoms with E-state index >= 15 is 0 Å². The maximum absolute atomic E-state index is 5.20. The van der Waals surface area contributed by atoms with Crippen molar-refractivity contribution in [2.75, 3.05) is 0 Å². The third kappa shape index (κ3) is 6.19. The number of hydrogen-bond acceptors (Lipinski definition) is 4. The minimum atomic E-state index is 0.619. The van der Waals surface area contributed by atoms with Crippen molar-refractivity contribution in [1.82, 2.24) is 19.9 Å². The van der Waals surface area contributed by atoms with Gasteiger partial charge in [0.25, 0.3) is 0 Å². The molecule has 0 aliphatic rings. The summed E-state index contributed by atoms with van der Waals surface area (Å²) < 4.78 is 0. The molecule has 0 aliphatic heterocycles. The van der Waals surface area contributed by atoms with Crippen LogP contribution in [-0.2, 0) is 0 Å². The van der Waals surface area contributed by atoms with Crippen molar-refractivity contribution >= 4 is 32.3 Å². The summed E-state index contributed by atoms with van der Waals surface area (Å²) in [7, 11) is 0. The third-order valence-corrected chi connectivity index (χ3v) is 11.5.